The Bertz CT molecular complexity index is 1070. The van der Waals surface area contributed by atoms with E-state index in [1.165, 1.54) is 19.3 Å². The molecule has 0 radical (unpaired) electrons. The zero-order chi connectivity index (χ0) is 30.3. The van der Waals surface area contributed by atoms with Crippen molar-refractivity contribution in [2.45, 2.75) is 119 Å². The molecular formula is C35H58N2O5. The maximum Gasteiger partial charge on any atom is 0.422 e. The molecule has 0 aromatic rings. The van der Waals surface area contributed by atoms with Gasteiger partial charge in [0.1, 0.15) is 6.10 Å². The number of aliphatic carboxylic acids is 1. The Hall–Kier alpha value is -1.34. The number of nitrogens with zero attached hydrogens (tertiary/aromatic N) is 1. The topological polar surface area (TPSA) is 88.1 Å². The van der Waals surface area contributed by atoms with Gasteiger partial charge in [-0.1, -0.05) is 48.5 Å². The lowest BCUT2D eigenvalue weighted by Crippen LogP contribution is -2.67. The normalized spacial score (nSPS) is 48.4. The van der Waals surface area contributed by atoms with E-state index in [1.807, 2.05) is 5.01 Å². The van der Waals surface area contributed by atoms with Crippen LogP contribution in [0.4, 0.5) is 4.79 Å². The van der Waals surface area contributed by atoms with Gasteiger partial charge in [0.15, 0.2) is 0 Å². The number of morpholine rings is 1. The molecule has 0 aromatic heterocycles. The van der Waals surface area contributed by atoms with E-state index in [9.17, 15) is 14.7 Å². The summed E-state index contributed by atoms with van der Waals surface area (Å²) in [4.78, 5) is 25.9. The third kappa shape index (κ3) is 4.24. The molecule has 0 aromatic carbocycles. The fourth-order valence-electron chi connectivity index (χ4n) is 12.9. The van der Waals surface area contributed by atoms with Crippen molar-refractivity contribution in [2.24, 2.45) is 62.6 Å². The average Bonchev–Trinajstić information content (AvgIpc) is 3.33. The van der Waals surface area contributed by atoms with E-state index >= 15 is 0 Å². The minimum Gasteiger partial charge on any atom is -0.481 e. The fraction of sp³-hybridized carbons (Fsp3) is 0.943. The van der Waals surface area contributed by atoms with E-state index in [0.29, 0.717) is 61.8 Å². The Morgan fingerprint density at radius 2 is 1.57 bits per heavy atom. The van der Waals surface area contributed by atoms with E-state index < -0.39 is 11.4 Å². The summed E-state index contributed by atoms with van der Waals surface area (Å²) in [5.74, 6) is 2.46. The van der Waals surface area contributed by atoms with Crippen LogP contribution >= 0.6 is 0 Å². The number of hydrazine groups is 1. The molecular weight excluding hydrogens is 528 g/mol. The van der Waals surface area contributed by atoms with Crippen molar-refractivity contribution >= 4 is 12.1 Å². The second kappa shape index (κ2) is 10.4. The van der Waals surface area contributed by atoms with Gasteiger partial charge >= 0.3 is 12.1 Å². The van der Waals surface area contributed by atoms with Crippen molar-refractivity contribution in [2.75, 3.05) is 26.3 Å². The highest BCUT2D eigenvalue weighted by Gasteiger charge is 2.72. The minimum atomic E-state index is -0.515. The number of fused-ring (bicyclic) bond motifs is 7. The summed E-state index contributed by atoms with van der Waals surface area (Å²) in [6.45, 7) is 19.8. The maximum absolute atomic E-state index is 13.0. The van der Waals surface area contributed by atoms with Crippen molar-refractivity contribution in [3.05, 3.63) is 0 Å². The van der Waals surface area contributed by atoms with Crippen molar-refractivity contribution in [3.8, 4) is 0 Å². The molecule has 1 aliphatic heterocycles. The molecule has 6 rings (SSSR count). The Balaban J connectivity index is 1.24. The molecule has 1 saturated heterocycles. The first-order chi connectivity index (χ1) is 19.7. The molecule has 1 amide bonds. The predicted octanol–water partition coefficient (Wildman–Crippen LogP) is 7.15. The zero-order valence-electron chi connectivity index (χ0n) is 27.5. The zero-order valence-corrected chi connectivity index (χ0v) is 27.5. The Morgan fingerprint density at radius 3 is 2.24 bits per heavy atom. The first-order valence-electron chi connectivity index (χ1n) is 17.2. The summed E-state index contributed by atoms with van der Waals surface area (Å²) in [5, 5.41) is 12.6. The fourth-order valence-corrected chi connectivity index (χ4v) is 12.9. The molecule has 5 aliphatic carbocycles. The third-order valence-corrected chi connectivity index (χ3v) is 15.2. The molecule has 42 heavy (non-hydrogen) atoms. The molecule has 10 atom stereocenters. The number of rotatable bonds is 4. The summed E-state index contributed by atoms with van der Waals surface area (Å²) in [6, 6.07) is 0. The standard InChI is InChI=1S/C35H58N2O5/c1-22(2)23-10-15-35(29(38)39)17-16-33(6)24(28(23)35)8-9-26-32(5)13-12-27(31(3,4)25(32)11-14-34(26,33)7)42-30(40)36-37-18-20-41-21-19-37/h22-28H,8-21H2,1-7H3,(H,36,40)(H,38,39)/t23-,24?,25?,26?,27+,28?,32-,33+,34+,35-/m0/s1. The van der Waals surface area contributed by atoms with Crippen LogP contribution in [0.25, 0.3) is 0 Å². The summed E-state index contributed by atoms with van der Waals surface area (Å²) in [5.41, 5.74) is 2.91. The van der Waals surface area contributed by atoms with Crippen LogP contribution in [0, 0.1) is 62.6 Å². The molecule has 2 N–H and O–H groups in total. The largest absolute Gasteiger partial charge is 0.481 e. The average molecular weight is 587 g/mol. The second-order valence-corrected chi connectivity index (χ2v) is 17.1. The Kier molecular flexibility index (Phi) is 7.56. The van der Waals surface area contributed by atoms with E-state index in [1.54, 1.807) is 0 Å². The van der Waals surface area contributed by atoms with Crippen LogP contribution < -0.4 is 5.43 Å². The number of carboxylic acid groups (broad SMARTS) is 1. The highest BCUT2D eigenvalue weighted by molar-refractivity contribution is 5.76. The van der Waals surface area contributed by atoms with Gasteiger partial charge < -0.3 is 14.6 Å². The van der Waals surface area contributed by atoms with Crippen molar-refractivity contribution in [1.29, 1.82) is 0 Å². The molecule has 7 heteroatoms. The van der Waals surface area contributed by atoms with Crippen molar-refractivity contribution in [1.82, 2.24) is 10.4 Å². The number of ether oxygens (including phenoxy) is 2. The molecule has 0 bridgehead atoms. The van der Waals surface area contributed by atoms with Crippen LogP contribution in [0.3, 0.4) is 0 Å². The van der Waals surface area contributed by atoms with Gasteiger partial charge in [0.2, 0.25) is 0 Å². The summed E-state index contributed by atoms with van der Waals surface area (Å²) in [6.07, 6.45) is 10.2. The highest BCUT2D eigenvalue weighted by Crippen LogP contribution is 2.77. The first-order valence-corrected chi connectivity index (χ1v) is 17.2. The minimum absolute atomic E-state index is 0.0935. The summed E-state index contributed by atoms with van der Waals surface area (Å²) in [7, 11) is 0. The summed E-state index contributed by atoms with van der Waals surface area (Å²) < 4.78 is 11.6. The van der Waals surface area contributed by atoms with Gasteiger partial charge in [-0.2, -0.15) is 0 Å². The van der Waals surface area contributed by atoms with Gasteiger partial charge in [-0.15, -0.1) is 0 Å². The lowest BCUT2D eigenvalue weighted by atomic mass is 9.32. The van der Waals surface area contributed by atoms with E-state index in [4.69, 9.17) is 9.47 Å². The molecule has 6 fully saturated rings. The van der Waals surface area contributed by atoms with Gasteiger partial charge in [-0.05, 0) is 116 Å². The predicted molar refractivity (Wildman–Crippen MR) is 162 cm³/mol. The van der Waals surface area contributed by atoms with Gasteiger partial charge in [0.05, 0.1) is 18.6 Å². The quantitative estimate of drug-likeness (QED) is 0.364. The molecule has 238 valence electrons. The molecule has 5 saturated carbocycles. The Morgan fingerprint density at radius 1 is 0.857 bits per heavy atom. The number of amides is 1. The molecule has 0 spiro atoms. The number of carboxylic acids is 1. The van der Waals surface area contributed by atoms with Crippen LogP contribution in [-0.4, -0.2) is 54.6 Å². The van der Waals surface area contributed by atoms with Crippen LogP contribution in [0.5, 0.6) is 0 Å². The van der Waals surface area contributed by atoms with Gasteiger partial charge in [-0.25, -0.2) is 9.80 Å². The number of carbonyl (C=O) groups is 2. The monoisotopic (exact) mass is 586 g/mol. The number of hydrogen-bond acceptors (Lipinski definition) is 5. The maximum atomic E-state index is 13.0. The Labute approximate surface area is 254 Å². The highest BCUT2D eigenvalue weighted by atomic mass is 16.6. The molecule has 7 nitrogen and oxygen atoms in total. The smallest absolute Gasteiger partial charge is 0.422 e. The van der Waals surface area contributed by atoms with E-state index in [-0.39, 0.29) is 33.9 Å². The van der Waals surface area contributed by atoms with Crippen LogP contribution in [0.1, 0.15) is 113 Å². The van der Waals surface area contributed by atoms with Crippen molar-refractivity contribution < 1.29 is 24.2 Å². The van der Waals surface area contributed by atoms with Gasteiger partial charge in [0, 0.05) is 18.5 Å². The summed E-state index contributed by atoms with van der Waals surface area (Å²) >= 11 is 0. The first kappa shape index (κ1) is 30.7. The van der Waals surface area contributed by atoms with E-state index in [2.05, 4.69) is 53.9 Å². The number of carbonyl (C=O) groups excluding carboxylic acids is 1. The van der Waals surface area contributed by atoms with Crippen molar-refractivity contribution in [3.63, 3.8) is 0 Å². The SMILES string of the molecule is CC(C)[C@@H]1CC[C@]2(C(=O)O)CC[C@]3(C)C(CCC4[C@@]5(C)CC[C@@H](OC(=O)NN6CCOCC6)C(C)(C)C5CC[C@]43C)C12. The van der Waals surface area contributed by atoms with E-state index in [0.717, 1.165) is 44.9 Å². The lowest BCUT2D eigenvalue weighted by Gasteiger charge is -2.72. The number of nitrogens with one attached hydrogen (secondary N) is 1. The van der Waals surface area contributed by atoms with Crippen LogP contribution in [0.2, 0.25) is 0 Å². The van der Waals surface area contributed by atoms with Crippen LogP contribution in [-0.2, 0) is 14.3 Å². The van der Waals surface area contributed by atoms with Crippen LogP contribution in [0.15, 0.2) is 0 Å². The third-order valence-electron chi connectivity index (χ3n) is 15.2. The molecule has 4 unspecified atom stereocenters. The van der Waals surface area contributed by atoms with Gasteiger partial charge in [0.25, 0.3) is 0 Å². The number of hydrogen-bond donors (Lipinski definition) is 2. The molecule has 1 heterocycles. The molecule has 6 aliphatic rings. The van der Waals surface area contributed by atoms with Gasteiger partial charge in [-0.3, -0.25) is 10.2 Å². The second-order valence-electron chi connectivity index (χ2n) is 17.1. The lowest BCUT2D eigenvalue weighted by molar-refractivity contribution is -0.249.